The van der Waals surface area contributed by atoms with Gasteiger partial charge in [0.1, 0.15) is 0 Å². The highest BCUT2D eigenvalue weighted by atomic mass is 16.2. The molecule has 0 aliphatic heterocycles. The van der Waals surface area contributed by atoms with Gasteiger partial charge in [-0.2, -0.15) is 0 Å². The number of hydrogen-bond donors (Lipinski definition) is 1. The van der Waals surface area contributed by atoms with E-state index in [1.807, 2.05) is 7.05 Å². The van der Waals surface area contributed by atoms with Crippen LogP contribution in [0.5, 0.6) is 0 Å². The van der Waals surface area contributed by atoms with Gasteiger partial charge < -0.3 is 10.0 Å². The van der Waals surface area contributed by atoms with Gasteiger partial charge in [-0.15, -0.1) is 0 Å². The van der Waals surface area contributed by atoms with E-state index in [0.717, 1.165) is 20.1 Å². The zero-order valence-corrected chi connectivity index (χ0v) is 10.4. The van der Waals surface area contributed by atoms with Crippen LogP contribution < -0.4 is 0 Å². The van der Waals surface area contributed by atoms with E-state index in [-0.39, 0.29) is 5.91 Å². The molecule has 0 saturated heterocycles. The van der Waals surface area contributed by atoms with Crippen LogP contribution in [0.15, 0.2) is 0 Å². The summed E-state index contributed by atoms with van der Waals surface area (Å²) in [6.45, 7) is 9.17. The van der Waals surface area contributed by atoms with Gasteiger partial charge in [-0.3, -0.25) is 4.79 Å². The molecule has 0 aromatic rings. The summed E-state index contributed by atoms with van der Waals surface area (Å²) in [5.74, 6) is 1.57. The van der Waals surface area contributed by atoms with Crippen LogP contribution in [-0.2, 0) is 4.79 Å². The number of rotatable bonds is 4. The molecule has 3 nitrogen and oxygen atoms in total. The molecule has 14 heavy (non-hydrogen) atoms. The summed E-state index contributed by atoms with van der Waals surface area (Å²) in [7, 11) is 2.86. The Morgan fingerprint density at radius 1 is 1.29 bits per heavy atom. The van der Waals surface area contributed by atoms with Crippen molar-refractivity contribution in [2.24, 2.45) is 11.8 Å². The molecule has 0 saturated carbocycles. The highest BCUT2D eigenvalue weighted by Crippen LogP contribution is 2.13. The molecular formula is C11H25NO2. The quantitative estimate of drug-likeness (QED) is 0.756. The first-order valence-electron chi connectivity index (χ1n) is 5.11. The number of carbonyl (C=O) groups excluding carboxylic acids is 1. The first-order valence-corrected chi connectivity index (χ1v) is 5.11. The van der Waals surface area contributed by atoms with Crippen LogP contribution >= 0.6 is 0 Å². The smallest absolute Gasteiger partial charge is 0.219 e. The van der Waals surface area contributed by atoms with Gasteiger partial charge in [-0.25, -0.2) is 0 Å². The van der Waals surface area contributed by atoms with Crippen molar-refractivity contribution in [3.63, 3.8) is 0 Å². The number of nitrogens with zero attached hydrogens (tertiary/aromatic N) is 1. The second-order valence-electron chi connectivity index (χ2n) is 3.95. The SMILES string of the molecule is CC(=O)N(C)CCC(C)C(C)C.CO. The van der Waals surface area contributed by atoms with Crippen molar-refractivity contribution in [3.05, 3.63) is 0 Å². The summed E-state index contributed by atoms with van der Waals surface area (Å²) in [4.78, 5) is 12.6. The predicted octanol–water partition coefficient (Wildman–Crippen LogP) is 1.76. The van der Waals surface area contributed by atoms with Crippen LogP contribution in [0, 0.1) is 11.8 Å². The predicted molar refractivity (Wildman–Crippen MR) is 60.1 cm³/mol. The summed E-state index contributed by atoms with van der Waals surface area (Å²) in [6.07, 6.45) is 1.10. The van der Waals surface area contributed by atoms with Crippen molar-refractivity contribution in [3.8, 4) is 0 Å². The Balaban J connectivity index is 0. The Hall–Kier alpha value is -0.570. The van der Waals surface area contributed by atoms with Crippen LogP contribution in [0.4, 0.5) is 0 Å². The molecule has 0 aliphatic carbocycles. The van der Waals surface area contributed by atoms with Crippen LogP contribution in [0.3, 0.4) is 0 Å². The molecule has 1 unspecified atom stereocenters. The normalized spacial score (nSPS) is 11.7. The molecule has 0 aromatic heterocycles. The Labute approximate surface area is 88.1 Å². The zero-order valence-electron chi connectivity index (χ0n) is 10.4. The standard InChI is InChI=1S/C10H21NO.CH4O/c1-8(2)9(3)6-7-11(5)10(4)12;1-2/h8-9H,6-7H2,1-5H3;2H,1H3. The summed E-state index contributed by atoms with van der Waals surface area (Å²) in [5.41, 5.74) is 0. The molecule has 0 heterocycles. The molecule has 1 atom stereocenters. The first-order chi connectivity index (χ1) is 6.45. The van der Waals surface area contributed by atoms with Gasteiger partial charge in [0, 0.05) is 27.6 Å². The van der Waals surface area contributed by atoms with Gasteiger partial charge in [0.2, 0.25) is 5.91 Å². The Morgan fingerprint density at radius 3 is 2.00 bits per heavy atom. The monoisotopic (exact) mass is 203 g/mol. The zero-order chi connectivity index (χ0) is 11.7. The van der Waals surface area contributed by atoms with Crippen LogP contribution in [0.25, 0.3) is 0 Å². The minimum Gasteiger partial charge on any atom is -0.400 e. The summed E-state index contributed by atoms with van der Waals surface area (Å²) in [6, 6.07) is 0. The molecular weight excluding hydrogens is 178 g/mol. The maximum Gasteiger partial charge on any atom is 0.219 e. The Morgan fingerprint density at radius 2 is 1.71 bits per heavy atom. The van der Waals surface area contributed by atoms with Gasteiger partial charge in [-0.05, 0) is 18.3 Å². The fourth-order valence-corrected chi connectivity index (χ4v) is 0.888. The maximum absolute atomic E-state index is 10.9. The second-order valence-corrected chi connectivity index (χ2v) is 3.95. The average Bonchev–Trinajstić information content (AvgIpc) is 2.16. The fraction of sp³-hybridized carbons (Fsp3) is 0.909. The fourth-order valence-electron chi connectivity index (χ4n) is 0.888. The molecule has 3 heteroatoms. The largest absolute Gasteiger partial charge is 0.400 e. The second kappa shape index (κ2) is 9.00. The van der Waals surface area contributed by atoms with Crippen molar-refractivity contribution in [2.45, 2.75) is 34.1 Å². The lowest BCUT2D eigenvalue weighted by Gasteiger charge is -2.20. The van der Waals surface area contributed by atoms with E-state index in [2.05, 4.69) is 20.8 Å². The molecule has 0 rings (SSSR count). The number of aliphatic hydroxyl groups is 1. The molecule has 86 valence electrons. The molecule has 0 aliphatic rings. The minimum atomic E-state index is 0.158. The van der Waals surface area contributed by atoms with Gasteiger partial charge in [0.25, 0.3) is 0 Å². The first kappa shape index (κ1) is 15.9. The lowest BCUT2D eigenvalue weighted by molar-refractivity contribution is -0.127. The van der Waals surface area contributed by atoms with Crippen molar-refractivity contribution < 1.29 is 9.90 Å². The lowest BCUT2D eigenvalue weighted by atomic mass is 9.95. The van der Waals surface area contributed by atoms with Crippen molar-refractivity contribution >= 4 is 5.91 Å². The molecule has 0 fully saturated rings. The van der Waals surface area contributed by atoms with Crippen LogP contribution in [0.2, 0.25) is 0 Å². The van der Waals surface area contributed by atoms with E-state index in [1.165, 1.54) is 0 Å². The maximum atomic E-state index is 10.9. The third-order valence-electron chi connectivity index (χ3n) is 2.60. The highest BCUT2D eigenvalue weighted by Gasteiger charge is 2.09. The minimum absolute atomic E-state index is 0.158. The molecule has 0 aromatic carbocycles. The van der Waals surface area contributed by atoms with Crippen molar-refractivity contribution in [1.29, 1.82) is 0 Å². The molecule has 0 radical (unpaired) electrons. The molecule has 0 bridgehead atoms. The topological polar surface area (TPSA) is 40.5 Å². The van der Waals surface area contributed by atoms with Crippen LogP contribution in [0.1, 0.15) is 34.1 Å². The number of aliphatic hydroxyl groups excluding tert-OH is 1. The van der Waals surface area contributed by atoms with Crippen molar-refractivity contribution in [1.82, 2.24) is 4.90 Å². The van der Waals surface area contributed by atoms with Gasteiger partial charge >= 0.3 is 0 Å². The molecule has 0 spiro atoms. The third kappa shape index (κ3) is 8.05. The molecule has 1 amide bonds. The highest BCUT2D eigenvalue weighted by molar-refractivity contribution is 5.72. The number of carbonyl (C=O) groups is 1. The number of hydrogen-bond acceptors (Lipinski definition) is 2. The van der Waals surface area contributed by atoms with E-state index >= 15 is 0 Å². The lowest BCUT2D eigenvalue weighted by Crippen LogP contribution is -2.26. The van der Waals surface area contributed by atoms with Crippen LogP contribution in [-0.4, -0.2) is 36.6 Å². The number of amides is 1. The third-order valence-corrected chi connectivity index (χ3v) is 2.60. The van der Waals surface area contributed by atoms with Gasteiger partial charge in [-0.1, -0.05) is 20.8 Å². The summed E-state index contributed by atoms with van der Waals surface area (Å²) < 4.78 is 0. The van der Waals surface area contributed by atoms with Crippen molar-refractivity contribution in [2.75, 3.05) is 20.7 Å². The van der Waals surface area contributed by atoms with E-state index in [4.69, 9.17) is 5.11 Å². The van der Waals surface area contributed by atoms with E-state index in [1.54, 1.807) is 11.8 Å². The van der Waals surface area contributed by atoms with Gasteiger partial charge in [0.15, 0.2) is 0 Å². The van der Waals surface area contributed by atoms with E-state index in [9.17, 15) is 4.79 Å². The van der Waals surface area contributed by atoms with E-state index < -0.39 is 0 Å². The Bertz CT molecular complexity index is 146. The Kier molecular flexibility index (Phi) is 10.2. The van der Waals surface area contributed by atoms with E-state index in [0.29, 0.717) is 11.8 Å². The summed E-state index contributed by atoms with van der Waals surface area (Å²) in [5, 5.41) is 7.00. The molecule has 1 N–H and O–H groups in total. The van der Waals surface area contributed by atoms with Gasteiger partial charge in [0.05, 0.1) is 0 Å². The summed E-state index contributed by atoms with van der Waals surface area (Å²) >= 11 is 0. The average molecular weight is 203 g/mol.